The zero-order chi connectivity index (χ0) is 13.8. The van der Waals surface area contributed by atoms with Crippen LogP contribution in [-0.2, 0) is 0 Å². The molecule has 3 rings (SSSR count). The molecule has 3 aromatic rings. The molecule has 0 saturated heterocycles. The molecule has 0 N–H and O–H groups in total. The number of hydrogen-bond donors (Lipinski definition) is 0. The van der Waals surface area contributed by atoms with Crippen molar-refractivity contribution in [1.29, 1.82) is 0 Å². The largest absolute Gasteiger partial charge is 0.296 e. The van der Waals surface area contributed by atoms with Gasteiger partial charge >= 0.3 is 0 Å². The van der Waals surface area contributed by atoms with Gasteiger partial charge in [-0.2, -0.15) is 0 Å². The van der Waals surface area contributed by atoms with Gasteiger partial charge in [0.05, 0.1) is 0 Å². The van der Waals surface area contributed by atoms with Crippen LogP contribution < -0.4 is 0 Å². The molecular weight excluding hydrogens is 268 g/mol. The van der Waals surface area contributed by atoms with Gasteiger partial charge in [0.25, 0.3) is 0 Å². The average molecular weight is 280 g/mol. The minimum Gasteiger partial charge on any atom is -0.296 e. The third-order valence-corrected chi connectivity index (χ3v) is 3.78. The number of aldehydes is 1. The molecule has 4 heteroatoms. The van der Waals surface area contributed by atoms with Gasteiger partial charge in [0.2, 0.25) is 0 Å². The van der Waals surface area contributed by atoms with Crippen LogP contribution in [0.2, 0.25) is 0 Å². The standard InChI is InChI=1S/C16H12N2OS/c19-12-13-11-18(14-7-3-1-4-8-14)16(17-13)20-15-9-5-2-6-10-15/h1-12H. The Kier molecular flexibility index (Phi) is 3.65. The topological polar surface area (TPSA) is 34.9 Å². The zero-order valence-corrected chi connectivity index (χ0v) is 11.5. The van der Waals surface area contributed by atoms with Crippen molar-refractivity contribution in [3.63, 3.8) is 0 Å². The van der Waals surface area contributed by atoms with Crippen molar-refractivity contribution < 1.29 is 4.79 Å². The average Bonchev–Trinajstić information content (AvgIpc) is 2.92. The molecular formula is C16H12N2OS. The molecule has 98 valence electrons. The first-order valence-electron chi connectivity index (χ1n) is 6.20. The van der Waals surface area contributed by atoms with Crippen molar-refractivity contribution in [2.45, 2.75) is 10.1 Å². The van der Waals surface area contributed by atoms with Gasteiger partial charge in [-0.15, -0.1) is 0 Å². The normalized spacial score (nSPS) is 10.4. The SMILES string of the molecule is O=Cc1cn(-c2ccccc2)c(Sc2ccccc2)n1. The maximum atomic E-state index is 11.0. The van der Waals surface area contributed by atoms with Crippen LogP contribution in [0.1, 0.15) is 10.5 Å². The highest BCUT2D eigenvalue weighted by molar-refractivity contribution is 7.99. The van der Waals surface area contributed by atoms with Crippen LogP contribution in [0.25, 0.3) is 5.69 Å². The Labute approximate surface area is 121 Å². The van der Waals surface area contributed by atoms with Crippen molar-refractivity contribution in [2.75, 3.05) is 0 Å². The number of nitrogens with zero attached hydrogens (tertiary/aromatic N) is 2. The van der Waals surface area contributed by atoms with E-state index < -0.39 is 0 Å². The van der Waals surface area contributed by atoms with Crippen LogP contribution in [0.5, 0.6) is 0 Å². The van der Waals surface area contributed by atoms with Gasteiger partial charge in [0.15, 0.2) is 11.4 Å². The lowest BCUT2D eigenvalue weighted by molar-refractivity contribution is 0.111. The van der Waals surface area contributed by atoms with Gasteiger partial charge in [0, 0.05) is 16.8 Å². The molecule has 0 spiro atoms. The molecule has 0 aliphatic heterocycles. The number of benzene rings is 2. The van der Waals surface area contributed by atoms with Gasteiger partial charge in [-0.1, -0.05) is 48.2 Å². The van der Waals surface area contributed by atoms with Gasteiger partial charge in [-0.25, -0.2) is 4.98 Å². The lowest BCUT2D eigenvalue weighted by Crippen LogP contribution is -1.93. The van der Waals surface area contributed by atoms with E-state index in [1.165, 1.54) is 11.8 Å². The molecule has 2 aromatic carbocycles. The van der Waals surface area contributed by atoms with Crippen LogP contribution in [0, 0.1) is 0 Å². The summed E-state index contributed by atoms with van der Waals surface area (Å²) in [7, 11) is 0. The molecule has 0 amide bonds. The van der Waals surface area contributed by atoms with E-state index in [-0.39, 0.29) is 0 Å². The van der Waals surface area contributed by atoms with Crippen LogP contribution in [0.4, 0.5) is 0 Å². The van der Waals surface area contributed by atoms with Crippen molar-refractivity contribution >= 4 is 18.0 Å². The van der Waals surface area contributed by atoms with Gasteiger partial charge in [-0.05, 0) is 24.3 Å². The predicted molar refractivity (Wildman–Crippen MR) is 79.5 cm³/mol. The monoisotopic (exact) mass is 280 g/mol. The van der Waals surface area contributed by atoms with Gasteiger partial charge in [-0.3, -0.25) is 9.36 Å². The number of imidazole rings is 1. The number of rotatable bonds is 4. The summed E-state index contributed by atoms with van der Waals surface area (Å²) in [5.41, 5.74) is 1.43. The molecule has 0 fully saturated rings. The van der Waals surface area contributed by atoms with Crippen LogP contribution >= 0.6 is 11.8 Å². The molecule has 0 aliphatic rings. The molecule has 0 saturated carbocycles. The number of carbonyl (C=O) groups excluding carboxylic acids is 1. The molecule has 0 aliphatic carbocycles. The van der Waals surface area contributed by atoms with Crippen LogP contribution in [0.3, 0.4) is 0 Å². The first kappa shape index (κ1) is 12.7. The maximum Gasteiger partial charge on any atom is 0.178 e. The second kappa shape index (κ2) is 5.75. The number of para-hydroxylation sites is 1. The summed E-state index contributed by atoms with van der Waals surface area (Å²) < 4.78 is 1.93. The Balaban J connectivity index is 2.02. The fourth-order valence-electron chi connectivity index (χ4n) is 1.88. The minimum absolute atomic E-state index is 0.437. The van der Waals surface area contributed by atoms with E-state index in [0.717, 1.165) is 22.0 Å². The van der Waals surface area contributed by atoms with Crippen molar-refractivity contribution in [1.82, 2.24) is 9.55 Å². The third kappa shape index (κ3) is 2.65. The Morgan fingerprint density at radius 1 is 0.950 bits per heavy atom. The maximum absolute atomic E-state index is 11.0. The lowest BCUT2D eigenvalue weighted by atomic mass is 10.3. The summed E-state index contributed by atoms with van der Waals surface area (Å²) in [6.45, 7) is 0. The molecule has 0 atom stereocenters. The highest BCUT2D eigenvalue weighted by Gasteiger charge is 2.10. The summed E-state index contributed by atoms with van der Waals surface area (Å²) in [5.74, 6) is 0. The highest BCUT2D eigenvalue weighted by atomic mass is 32.2. The summed E-state index contributed by atoms with van der Waals surface area (Å²) in [5, 5.41) is 0.782. The first-order valence-corrected chi connectivity index (χ1v) is 7.01. The molecule has 1 heterocycles. The van der Waals surface area contributed by atoms with E-state index in [2.05, 4.69) is 4.98 Å². The molecule has 0 unspecified atom stereocenters. The fourth-order valence-corrected chi connectivity index (χ4v) is 2.79. The molecule has 1 aromatic heterocycles. The highest BCUT2D eigenvalue weighted by Crippen LogP contribution is 2.28. The van der Waals surface area contributed by atoms with E-state index >= 15 is 0 Å². The van der Waals surface area contributed by atoms with E-state index in [1.54, 1.807) is 6.20 Å². The summed E-state index contributed by atoms with van der Waals surface area (Å²) in [4.78, 5) is 16.4. The third-order valence-electron chi connectivity index (χ3n) is 2.80. The Morgan fingerprint density at radius 2 is 1.60 bits per heavy atom. The van der Waals surface area contributed by atoms with Crippen molar-refractivity contribution in [3.8, 4) is 5.69 Å². The van der Waals surface area contributed by atoms with Crippen LogP contribution in [-0.4, -0.2) is 15.8 Å². The fraction of sp³-hybridized carbons (Fsp3) is 0. The second-order valence-electron chi connectivity index (χ2n) is 4.19. The quantitative estimate of drug-likeness (QED) is 0.681. The Bertz CT molecular complexity index is 708. The van der Waals surface area contributed by atoms with E-state index in [9.17, 15) is 4.79 Å². The Morgan fingerprint density at radius 3 is 2.25 bits per heavy atom. The number of hydrogen-bond acceptors (Lipinski definition) is 3. The van der Waals surface area contributed by atoms with E-state index in [4.69, 9.17) is 0 Å². The van der Waals surface area contributed by atoms with Crippen molar-refractivity contribution in [2.24, 2.45) is 0 Å². The zero-order valence-electron chi connectivity index (χ0n) is 10.6. The lowest BCUT2D eigenvalue weighted by Gasteiger charge is -2.06. The molecule has 0 radical (unpaired) electrons. The molecule has 20 heavy (non-hydrogen) atoms. The summed E-state index contributed by atoms with van der Waals surface area (Å²) in [6.07, 6.45) is 2.53. The van der Waals surface area contributed by atoms with Gasteiger partial charge in [0.1, 0.15) is 5.69 Å². The van der Waals surface area contributed by atoms with Gasteiger partial charge < -0.3 is 0 Å². The van der Waals surface area contributed by atoms with E-state index in [0.29, 0.717) is 5.69 Å². The molecule has 3 nitrogen and oxygen atoms in total. The summed E-state index contributed by atoms with van der Waals surface area (Å²) in [6, 6.07) is 19.9. The number of carbonyl (C=O) groups is 1. The van der Waals surface area contributed by atoms with Crippen LogP contribution in [0.15, 0.2) is 76.9 Å². The smallest absolute Gasteiger partial charge is 0.178 e. The minimum atomic E-state index is 0.437. The second-order valence-corrected chi connectivity index (χ2v) is 5.23. The van der Waals surface area contributed by atoms with Crippen molar-refractivity contribution in [3.05, 3.63) is 72.6 Å². The summed E-state index contributed by atoms with van der Waals surface area (Å²) >= 11 is 1.54. The molecule has 0 bridgehead atoms. The Hall–Kier alpha value is -2.33. The number of aromatic nitrogens is 2. The predicted octanol–water partition coefficient (Wildman–Crippen LogP) is 3.84. The first-order chi connectivity index (χ1) is 9.86. The van der Waals surface area contributed by atoms with E-state index in [1.807, 2.05) is 65.2 Å².